The minimum atomic E-state index is -0.303. The van der Waals surface area contributed by atoms with Crippen LogP contribution in [0.25, 0.3) is 10.9 Å². The van der Waals surface area contributed by atoms with E-state index in [0.717, 1.165) is 55.5 Å². The molecule has 2 aromatic carbocycles. The molecule has 0 spiro atoms. The SMILES string of the molecule is CCc1ccc2[nH]c(=O)c([C@H](c3nnnn3C3CCCC3)N3CCc4ccccc4C3)cc2c1. The van der Waals surface area contributed by atoms with Gasteiger partial charge in [0.05, 0.1) is 6.04 Å². The predicted octanol–water partition coefficient (Wildman–Crippen LogP) is 4.34. The highest BCUT2D eigenvalue weighted by Crippen LogP contribution is 2.35. The molecule has 7 nitrogen and oxygen atoms in total. The van der Waals surface area contributed by atoms with Crippen molar-refractivity contribution in [3.05, 3.63) is 87.0 Å². The van der Waals surface area contributed by atoms with Gasteiger partial charge in [-0.3, -0.25) is 9.69 Å². The molecule has 3 heterocycles. The zero-order valence-corrected chi connectivity index (χ0v) is 19.6. The highest BCUT2D eigenvalue weighted by molar-refractivity contribution is 5.80. The van der Waals surface area contributed by atoms with Crippen molar-refractivity contribution in [2.45, 2.75) is 64.1 Å². The van der Waals surface area contributed by atoms with E-state index >= 15 is 0 Å². The van der Waals surface area contributed by atoms with Crippen LogP contribution in [0.3, 0.4) is 0 Å². The van der Waals surface area contributed by atoms with Crippen molar-refractivity contribution >= 4 is 10.9 Å². The third-order valence-electron chi connectivity index (χ3n) is 7.60. The molecule has 2 aromatic heterocycles. The van der Waals surface area contributed by atoms with Gasteiger partial charge in [0.25, 0.3) is 5.56 Å². The van der Waals surface area contributed by atoms with Crippen molar-refractivity contribution in [3.8, 4) is 0 Å². The summed E-state index contributed by atoms with van der Waals surface area (Å²) in [6, 6.07) is 16.9. The summed E-state index contributed by atoms with van der Waals surface area (Å²) in [5, 5.41) is 14.1. The van der Waals surface area contributed by atoms with Gasteiger partial charge in [-0.25, -0.2) is 4.68 Å². The molecule has 0 unspecified atom stereocenters. The van der Waals surface area contributed by atoms with E-state index in [-0.39, 0.29) is 11.6 Å². The number of benzene rings is 2. The van der Waals surface area contributed by atoms with Crippen LogP contribution < -0.4 is 5.56 Å². The van der Waals surface area contributed by atoms with Crippen LogP contribution in [0, 0.1) is 0 Å². The number of fused-ring (bicyclic) bond motifs is 2. The molecule has 0 bridgehead atoms. The number of nitrogens with one attached hydrogen (secondary N) is 1. The predicted molar refractivity (Wildman–Crippen MR) is 132 cm³/mol. The molecule has 0 saturated heterocycles. The number of H-pyrrole nitrogens is 1. The summed E-state index contributed by atoms with van der Waals surface area (Å²) in [5.74, 6) is 0.780. The van der Waals surface area contributed by atoms with Crippen molar-refractivity contribution < 1.29 is 0 Å². The molecular formula is C27H30N6O. The van der Waals surface area contributed by atoms with E-state index in [0.29, 0.717) is 11.6 Å². The van der Waals surface area contributed by atoms with Crippen molar-refractivity contribution in [3.63, 3.8) is 0 Å². The van der Waals surface area contributed by atoms with E-state index in [2.05, 4.69) is 74.8 Å². The average Bonchev–Trinajstić information content (AvgIpc) is 3.56. The number of aromatic amines is 1. The number of pyridine rings is 1. The molecule has 1 saturated carbocycles. The first-order chi connectivity index (χ1) is 16.7. The first-order valence-electron chi connectivity index (χ1n) is 12.5. The van der Waals surface area contributed by atoms with E-state index < -0.39 is 0 Å². The van der Waals surface area contributed by atoms with Crippen LogP contribution in [0.2, 0.25) is 0 Å². The van der Waals surface area contributed by atoms with Crippen LogP contribution in [-0.4, -0.2) is 36.6 Å². The van der Waals surface area contributed by atoms with E-state index in [1.165, 1.54) is 29.5 Å². The van der Waals surface area contributed by atoms with Crippen molar-refractivity contribution in [2.24, 2.45) is 0 Å². The van der Waals surface area contributed by atoms with Crippen LogP contribution in [0.5, 0.6) is 0 Å². The van der Waals surface area contributed by atoms with Gasteiger partial charge in [0.15, 0.2) is 5.82 Å². The fourth-order valence-corrected chi connectivity index (χ4v) is 5.72. The summed E-state index contributed by atoms with van der Waals surface area (Å²) in [7, 11) is 0. The molecule has 1 fully saturated rings. The summed E-state index contributed by atoms with van der Waals surface area (Å²) in [5.41, 5.74) is 5.46. The molecule has 1 N–H and O–H groups in total. The summed E-state index contributed by atoms with van der Waals surface area (Å²) >= 11 is 0. The molecule has 34 heavy (non-hydrogen) atoms. The second-order valence-corrected chi connectivity index (χ2v) is 9.64. The topological polar surface area (TPSA) is 79.7 Å². The van der Waals surface area contributed by atoms with Gasteiger partial charge in [0.1, 0.15) is 6.04 Å². The quantitative estimate of drug-likeness (QED) is 0.485. The Morgan fingerprint density at radius 2 is 1.91 bits per heavy atom. The maximum absolute atomic E-state index is 13.5. The number of aromatic nitrogens is 5. The van der Waals surface area contributed by atoms with E-state index in [1.807, 2.05) is 10.7 Å². The Labute approximate surface area is 198 Å². The molecule has 2 aliphatic rings. The smallest absolute Gasteiger partial charge is 0.253 e. The average molecular weight is 455 g/mol. The lowest BCUT2D eigenvalue weighted by Crippen LogP contribution is -2.39. The number of hydrogen-bond donors (Lipinski definition) is 1. The summed E-state index contributed by atoms with van der Waals surface area (Å²) in [6.07, 6.45) is 6.47. The molecule has 4 aromatic rings. The molecule has 0 radical (unpaired) electrons. The Kier molecular flexibility index (Phi) is 5.49. The fraction of sp³-hybridized carbons (Fsp3) is 0.407. The molecule has 0 amide bonds. The number of rotatable bonds is 5. The van der Waals surface area contributed by atoms with Gasteiger partial charge in [-0.2, -0.15) is 0 Å². The van der Waals surface area contributed by atoms with E-state index in [9.17, 15) is 4.79 Å². The van der Waals surface area contributed by atoms with Gasteiger partial charge in [0, 0.05) is 24.2 Å². The van der Waals surface area contributed by atoms with E-state index in [1.54, 1.807) is 0 Å². The number of hydrogen-bond acceptors (Lipinski definition) is 5. The van der Waals surface area contributed by atoms with Crippen LogP contribution >= 0.6 is 0 Å². The monoisotopic (exact) mass is 454 g/mol. The Morgan fingerprint density at radius 3 is 2.74 bits per heavy atom. The Hall–Kier alpha value is -3.32. The van der Waals surface area contributed by atoms with Crippen LogP contribution in [0.4, 0.5) is 0 Å². The van der Waals surface area contributed by atoms with Crippen LogP contribution in [0.1, 0.15) is 72.8 Å². The number of nitrogens with zero attached hydrogens (tertiary/aromatic N) is 5. The normalized spacial score (nSPS) is 17.8. The van der Waals surface area contributed by atoms with Crippen LogP contribution in [-0.2, 0) is 19.4 Å². The lowest BCUT2D eigenvalue weighted by molar-refractivity contribution is 0.190. The molecule has 1 atom stereocenters. The molecule has 1 aliphatic carbocycles. The van der Waals surface area contributed by atoms with E-state index in [4.69, 9.17) is 0 Å². The van der Waals surface area contributed by atoms with Crippen molar-refractivity contribution in [1.82, 2.24) is 30.1 Å². The fourth-order valence-electron chi connectivity index (χ4n) is 5.72. The second kappa shape index (κ2) is 8.80. The summed E-state index contributed by atoms with van der Waals surface area (Å²) < 4.78 is 2.00. The second-order valence-electron chi connectivity index (χ2n) is 9.64. The Morgan fingerprint density at radius 1 is 1.09 bits per heavy atom. The molecule has 174 valence electrons. The number of aryl methyl sites for hydroxylation is 1. The lowest BCUT2D eigenvalue weighted by atomic mass is 9.95. The lowest BCUT2D eigenvalue weighted by Gasteiger charge is -2.35. The number of tetrazole rings is 1. The third kappa shape index (κ3) is 3.74. The Bertz CT molecular complexity index is 1380. The highest BCUT2D eigenvalue weighted by Gasteiger charge is 2.34. The third-order valence-corrected chi connectivity index (χ3v) is 7.60. The maximum Gasteiger partial charge on any atom is 0.253 e. The highest BCUT2D eigenvalue weighted by atomic mass is 16.1. The van der Waals surface area contributed by atoms with Gasteiger partial charge < -0.3 is 4.98 Å². The van der Waals surface area contributed by atoms with Gasteiger partial charge >= 0.3 is 0 Å². The van der Waals surface area contributed by atoms with Crippen molar-refractivity contribution in [2.75, 3.05) is 6.54 Å². The minimum Gasteiger partial charge on any atom is -0.322 e. The zero-order valence-electron chi connectivity index (χ0n) is 19.6. The molecule has 6 rings (SSSR count). The zero-order chi connectivity index (χ0) is 23.1. The van der Waals surface area contributed by atoms with Crippen molar-refractivity contribution in [1.29, 1.82) is 0 Å². The molecular weight excluding hydrogens is 424 g/mol. The maximum atomic E-state index is 13.5. The standard InChI is InChI=1S/C27H30N6O/c1-2-18-11-12-24-21(15-18)16-23(27(34)28-24)25(26-29-30-31-33(26)22-9-5-6-10-22)32-14-13-19-7-3-4-8-20(19)17-32/h3-4,7-8,11-12,15-16,22,25H,2,5-6,9-10,13-14,17H2,1H3,(H,28,34)/t25-/m1/s1. The van der Waals surface area contributed by atoms with Gasteiger partial charge in [0.2, 0.25) is 0 Å². The largest absolute Gasteiger partial charge is 0.322 e. The summed E-state index contributed by atoms with van der Waals surface area (Å²) in [6.45, 7) is 3.77. The first kappa shape index (κ1) is 21.2. The first-order valence-corrected chi connectivity index (χ1v) is 12.5. The summed E-state index contributed by atoms with van der Waals surface area (Å²) in [4.78, 5) is 19.0. The Balaban J connectivity index is 1.50. The van der Waals surface area contributed by atoms with Gasteiger partial charge in [-0.1, -0.05) is 50.1 Å². The molecule has 7 heteroatoms. The van der Waals surface area contributed by atoms with Gasteiger partial charge in [-0.05, 0) is 76.4 Å². The minimum absolute atomic E-state index is 0.0680. The van der Waals surface area contributed by atoms with Gasteiger partial charge in [-0.15, -0.1) is 5.10 Å². The van der Waals surface area contributed by atoms with Crippen LogP contribution in [0.15, 0.2) is 53.3 Å². The molecule has 1 aliphatic heterocycles.